The molecule has 0 saturated carbocycles. The molecule has 0 N–H and O–H groups in total. The Morgan fingerprint density at radius 1 is 1.50 bits per heavy atom. The topological polar surface area (TPSA) is 48.5 Å². The van der Waals surface area contributed by atoms with Gasteiger partial charge in [0, 0.05) is 7.05 Å². The number of hydrogen-bond donors (Lipinski definition) is 0. The second-order valence-electron chi connectivity index (χ2n) is 3.06. The smallest absolute Gasteiger partial charge is 0.137 e. The highest BCUT2D eigenvalue weighted by Crippen LogP contribution is 2.20. The van der Waals surface area contributed by atoms with Crippen LogP contribution >= 0.6 is 15.9 Å². The van der Waals surface area contributed by atoms with Gasteiger partial charge in [0.25, 0.3) is 0 Å². The van der Waals surface area contributed by atoms with Crippen molar-refractivity contribution < 1.29 is 0 Å². The second kappa shape index (κ2) is 3.53. The third-order valence-corrected chi connectivity index (χ3v) is 3.07. The van der Waals surface area contributed by atoms with Gasteiger partial charge in [-0.2, -0.15) is 10.2 Å². The van der Waals surface area contributed by atoms with Crippen LogP contribution < -0.4 is 0 Å². The molecule has 0 atom stereocenters. The summed E-state index contributed by atoms with van der Waals surface area (Å²) in [5.74, 6) is 0. The number of aromatic nitrogens is 5. The van der Waals surface area contributed by atoms with E-state index < -0.39 is 0 Å². The lowest BCUT2D eigenvalue weighted by atomic mass is 10.4. The van der Waals surface area contributed by atoms with Crippen LogP contribution in [0.1, 0.15) is 11.4 Å². The molecule has 74 valence electrons. The second-order valence-corrected chi connectivity index (χ2v) is 3.86. The molecule has 0 saturated heterocycles. The average Bonchev–Trinajstić information content (AvgIpc) is 2.71. The fraction of sp³-hybridized carbons (Fsp3) is 0.375. The number of hydrogen-bond acceptors (Lipinski definition) is 3. The molecular weight excluding hydrogens is 246 g/mol. The van der Waals surface area contributed by atoms with E-state index >= 15 is 0 Å². The van der Waals surface area contributed by atoms with E-state index in [1.807, 2.05) is 18.7 Å². The van der Waals surface area contributed by atoms with Crippen LogP contribution in [0.3, 0.4) is 0 Å². The summed E-state index contributed by atoms with van der Waals surface area (Å²) >= 11 is 3.50. The van der Waals surface area contributed by atoms with Crippen LogP contribution in [0.4, 0.5) is 0 Å². The maximum Gasteiger partial charge on any atom is 0.137 e. The van der Waals surface area contributed by atoms with Gasteiger partial charge in [0.2, 0.25) is 0 Å². The molecule has 0 aliphatic carbocycles. The van der Waals surface area contributed by atoms with Crippen molar-refractivity contribution in [1.82, 2.24) is 24.5 Å². The van der Waals surface area contributed by atoms with E-state index in [-0.39, 0.29) is 0 Å². The van der Waals surface area contributed by atoms with Crippen molar-refractivity contribution in [3.05, 3.63) is 28.5 Å². The van der Waals surface area contributed by atoms with Gasteiger partial charge in [0.15, 0.2) is 0 Å². The monoisotopic (exact) mass is 255 g/mol. The molecule has 0 radical (unpaired) electrons. The van der Waals surface area contributed by atoms with Gasteiger partial charge in [0.05, 0.1) is 22.4 Å². The molecule has 0 amide bonds. The molecule has 0 spiro atoms. The molecule has 0 unspecified atom stereocenters. The largest absolute Gasteiger partial charge is 0.269 e. The maximum absolute atomic E-state index is 4.30. The van der Waals surface area contributed by atoms with Gasteiger partial charge in [0.1, 0.15) is 12.7 Å². The van der Waals surface area contributed by atoms with Crippen molar-refractivity contribution in [1.29, 1.82) is 0 Å². The molecule has 2 heterocycles. The minimum Gasteiger partial charge on any atom is -0.269 e. The average molecular weight is 256 g/mol. The van der Waals surface area contributed by atoms with Crippen LogP contribution in [0.2, 0.25) is 0 Å². The summed E-state index contributed by atoms with van der Waals surface area (Å²) in [5.41, 5.74) is 2.08. The van der Waals surface area contributed by atoms with E-state index in [2.05, 4.69) is 31.1 Å². The van der Waals surface area contributed by atoms with Gasteiger partial charge in [-0.3, -0.25) is 4.68 Å². The third-order valence-electron chi connectivity index (χ3n) is 2.04. The molecule has 0 aliphatic heterocycles. The fourth-order valence-electron chi connectivity index (χ4n) is 1.32. The predicted octanol–water partition coefficient (Wildman–Crippen LogP) is 1.13. The summed E-state index contributed by atoms with van der Waals surface area (Å²) < 4.78 is 4.65. The standard InChI is InChI=1S/C8H10BrN5/c1-6-8(9)7(13(2)12-6)3-14-5-10-4-11-14/h4-5H,3H2,1-2H3. The van der Waals surface area contributed by atoms with Crippen LogP contribution in [0.5, 0.6) is 0 Å². The zero-order chi connectivity index (χ0) is 10.1. The fourth-order valence-corrected chi connectivity index (χ4v) is 1.78. The van der Waals surface area contributed by atoms with Crippen LogP contribution in [-0.2, 0) is 13.6 Å². The Bertz CT molecular complexity index is 431. The first kappa shape index (κ1) is 9.39. The summed E-state index contributed by atoms with van der Waals surface area (Å²) in [5, 5.41) is 8.35. The van der Waals surface area contributed by atoms with E-state index in [1.165, 1.54) is 6.33 Å². The molecule has 0 aromatic carbocycles. The third kappa shape index (κ3) is 1.57. The highest BCUT2D eigenvalue weighted by atomic mass is 79.9. The molecule has 0 aliphatic rings. The maximum atomic E-state index is 4.30. The van der Waals surface area contributed by atoms with Crippen molar-refractivity contribution in [2.45, 2.75) is 13.5 Å². The lowest BCUT2D eigenvalue weighted by molar-refractivity contribution is 0.616. The van der Waals surface area contributed by atoms with Crippen molar-refractivity contribution >= 4 is 15.9 Å². The SMILES string of the molecule is Cc1nn(C)c(Cn2cncn2)c1Br. The molecule has 6 heteroatoms. The molecule has 14 heavy (non-hydrogen) atoms. The van der Waals surface area contributed by atoms with Gasteiger partial charge in [-0.1, -0.05) is 0 Å². The van der Waals surface area contributed by atoms with Gasteiger partial charge < -0.3 is 0 Å². The van der Waals surface area contributed by atoms with Gasteiger partial charge in [-0.15, -0.1) is 0 Å². The molecule has 0 fully saturated rings. The molecule has 5 nitrogen and oxygen atoms in total. The highest BCUT2D eigenvalue weighted by Gasteiger charge is 2.10. The molecular formula is C8H10BrN5. The summed E-state index contributed by atoms with van der Waals surface area (Å²) in [4.78, 5) is 3.89. The first-order valence-electron chi connectivity index (χ1n) is 4.19. The van der Waals surface area contributed by atoms with Gasteiger partial charge >= 0.3 is 0 Å². The predicted molar refractivity (Wildman–Crippen MR) is 54.8 cm³/mol. The van der Waals surface area contributed by atoms with E-state index in [4.69, 9.17) is 0 Å². The lowest BCUT2D eigenvalue weighted by Gasteiger charge is -2.01. The lowest BCUT2D eigenvalue weighted by Crippen LogP contribution is -2.06. The van der Waals surface area contributed by atoms with E-state index in [9.17, 15) is 0 Å². The van der Waals surface area contributed by atoms with Crippen molar-refractivity contribution in [2.75, 3.05) is 0 Å². The van der Waals surface area contributed by atoms with Crippen LogP contribution in [0.15, 0.2) is 17.1 Å². The van der Waals surface area contributed by atoms with E-state index in [1.54, 1.807) is 11.0 Å². The zero-order valence-electron chi connectivity index (χ0n) is 7.98. The zero-order valence-corrected chi connectivity index (χ0v) is 9.56. The molecule has 2 aromatic rings. The minimum atomic E-state index is 0.678. The molecule has 2 rings (SSSR count). The molecule has 0 bridgehead atoms. The number of halogens is 1. The first-order valence-corrected chi connectivity index (χ1v) is 4.98. The van der Waals surface area contributed by atoms with Crippen LogP contribution in [0.25, 0.3) is 0 Å². The molecule has 2 aromatic heterocycles. The Kier molecular flexibility index (Phi) is 2.37. The normalized spacial score (nSPS) is 10.8. The Labute approximate surface area is 89.9 Å². The Morgan fingerprint density at radius 3 is 2.79 bits per heavy atom. The Morgan fingerprint density at radius 2 is 2.29 bits per heavy atom. The quantitative estimate of drug-likeness (QED) is 0.809. The highest BCUT2D eigenvalue weighted by molar-refractivity contribution is 9.10. The van der Waals surface area contributed by atoms with Gasteiger partial charge in [-0.05, 0) is 22.9 Å². The summed E-state index contributed by atoms with van der Waals surface area (Å²) in [6.45, 7) is 2.65. The Balaban J connectivity index is 2.33. The number of nitrogens with zero attached hydrogens (tertiary/aromatic N) is 5. The number of aryl methyl sites for hydroxylation is 2. The minimum absolute atomic E-state index is 0.678. The van der Waals surface area contributed by atoms with Crippen molar-refractivity contribution in [2.24, 2.45) is 7.05 Å². The van der Waals surface area contributed by atoms with Crippen molar-refractivity contribution in [3.8, 4) is 0 Å². The van der Waals surface area contributed by atoms with E-state index in [0.29, 0.717) is 6.54 Å². The van der Waals surface area contributed by atoms with Crippen LogP contribution in [0, 0.1) is 6.92 Å². The first-order chi connectivity index (χ1) is 6.68. The Hall–Kier alpha value is -1.17. The summed E-state index contributed by atoms with van der Waals surface area (Å²) in [6, 6.07) is 0. The summed E-state index contributed by atoms with van der Waals surface area (Å²) in [7, 11) is 1.92. The van der Waals surface area contributed by atoms with Crippen LogP contribution in [-0.4, -0.2) is 24.5 Å². The number of rotatable bonds is 2. The van der Waals surface area contributed by atoms with Gasteiger partial charge in [-0.25, -0.2) is 9.67 Å². The van der Waals surface area contributed by atoms with E-state index in [0.717, 1.165) is 15.9 Å². The van der Waals surface area contributed by atoms with Crippen molar-refractivity contribution in [3.63, 3.8) is 0 Å². The summed E-state index contributed by atoms with van der Waals surface area (Å²) in [6.07, 6.45) is 3.21.